The summed E-state index contributed by atoms with van der Waals surface area (Å²) in [5.74, 6) is 3.95. The monoisotopic (exact) mass is 265 g/mol. The van der Waals surface area contributed by atoms with Gasteiger partial charge in [0, 0.05) is 25.6 Å². The minimum Gasteiger partial charge on any atom is -0.476 e. The lowest BCUT2D eigenvalue weighted by molar-refractivity contribution is -0.0372. The summed E-state index contributed by atoms with van der Waals surface area (Å²) in [5, 5.41) is 0. The van der Waals surface area contributed by atoms with Gasteiger partial charge in [0.2, 0.25) is 5.88 Å². The lowest BCUT2D eigenvalue weighted by atomic mass is 9.61. The first-order valence-electron chi connectivity index (χ1n) is 7.02. The Balaban J connectivity index is 1.66. The number of hydrogen-bond acceptors (Lipinski definition) is 5. The van der Waals surface area contributed by atoms with Gasteiger partial charge in [-0.1, -0.05) is 0 Å². The Morgan fingerprint density at radius 3 is 2.67 bits per heavy atom. The van der Waals surface area contributed by atoms with Crippen molar-refractivity contribution in [2.24, 2.45) is 17.8 Å². The van der Waals surface area contributed by atoms with E-state index in [1.54, 1.807) is 0 Å². The van der Waals surface area contributed by atoms with Crippen molar-refractivity contribution in [1.82, 2.24) is 13.6 Å². The van der Waals surface area contributed by atoms with Crippen LogP contribution in [0.15, 0.2) is 0 Å². The first-order chi connectivity index (χ1) is 8.85. The minimum atomic E-state index is 0.609. The predicted molar refractivity (Wildman–Crippen MR) is 70.0 cm³/mol. The fourth-order valence-corrected chi connectivity index (χ4v) is 5.03. The molecule has 4 nitrogen and oxygen atoms in total. The van der Waals surface area contributed by atoms with Crippen LogP contribution in [0.4, 0.5) is 0 Å². The van der Waals surface area contributed by atoms with E-state index in [9.17, 15) is 0 Å². The van der Waals surface area contributed by atoms with E-state index in [2.05, 4.69) is 13.6 Å². The zero-order chi connectivity index (χ0) is 12.1. The zero-order valence-corrected chi connectivity index (χ0v) is 11.5. The van der Waals surface area contributed by atoms with E-state index in [1.807, 2.05) is 6.92 Å². The number of nitrogens with zero attached hydrogens (tertiary/aromatic N) is 3. The van der Waals surface area contributed by atoms with Crippen molar-refractivity contribution in [3.8, 4) is 5.88 Å². The molecule has 98 valence electrons. The molecule has 5 heteroatoms. The minimum absolute atomic E-state index is 0.609. The van der Waals surface area contributed by atoms with Crippen molar-refractivity contribution >= 4 is 11.7 Å². The molecule has 0 amide bonds. The van der Waals surface area contributed by atoms with Crippen LogP contribution in [0.5, 0.6) is 5.88 Å². The first kappa shape index (κ1) is 11.2. The normalized spacial score (nSPS) is 41.3. The fourth-order valence-electron chi connectivity index (χ4n) is 4.48. The Hall–Kier alpha value is -0.680. The van der Waals surface area contributed by atoms with Crippen LogP contribution in [-0.4, -0.2) is 39.9 Å². The van der Waals surface area contributed by atoms with Gasteiger partial charge in [0.25, 0.3) is 0 Å². The molecule has 1 saturated carbocycles. The average Bonchev–Trinajstić information content (AvgIpc) is 2.76. The molecule has 0 N–H and O–H groups in total. The molecule has 4 fully saturated rings. The van der Waals surface area contributed by atoms with Gasteiger partial charge < -0.3 is 9.64 Å². The maximum Gasteiger partial charge on any atom is 0.249 e. The molecular formula is C13H19N3OS. The van der Waals surface area contributed by atoms with Gasteiger partial charge in [-0.25, -0.2) is 0 Å². The fraction of sp³-hybridized carbons (Fsp3) is 0.846. The molecule has 0 spiro atoms. The standard InChI is InChI=1S/C13H19N3OS/c1-2-17-13-12(14-18-15-13)11-9-3-8-4-10(11)7-16(5-8)6-9/h8-11H,2-7H2,1H3. The van der Waals surface area contributed by atoms with Crippen molar-refractivity contribution in [2.45, 2.75) is 25.7 Å². The van der Waals surface area contributed by atoms with Crippen LogP contribution in [-0.2, 0) is 0 Å². The quantitative estimate of drug-likeness (QED) is 0.838. The Morgan fingerprint density at radius 2 is 2.00 bits per heavy atom. The molecule has 3 aliphatic heterocycles. The Labute approximate surface area is 112 Å². The van der Waals surface area contributed by atoms with E-state index in [-0.39, 0.29) is 0 Å². The van der Waals surface area contributed by atoms with Gasteiger partial charge in [0.05, 0.1) is 18.3 Å². The molecule has 3 saturated heterocycles. The summed E-state index contributed by atoms with van der Waals surface area (Å²) in [7, 11) is 0. The van der Waals surface area contributed by atoms with E-state index < -0.39 is 0 Å². The molecule has 2 atom stereocenters. The van der Waals surface area contributed by atoms with Gasteiger partial charge in [0.1, 0.15) is 5.69 Å². The number of piperidine rings is 3. The van der Waals surface area contributed by atoms with Crippen molar-refractivity contribution in [3.63, 3.8) is 0 Å². The molecule has 4 bridgehead atoms. The molecular weight excluding hydrogens is 246 g/mol. The van der Waals surface area contributed by atoms with Crippen LogP contribution in [0.2, 0.25) is 0 Å². The van der Waals surface area contributed by atoms with Crippen molar-refractivity contribution in [3.05, 3.63) is 5.69 Å². The smallest absolute Gasteiger partial charge is 0.249 e. The van der Waals surface area contributed by atoms with Crippen LogP contribution in [0, 0.1) is 17.8 Å². The highest BCUT2D eigenvalue weighted by Gasteiger charge is 2.49. The van der Waals surface area contributed by atoms with Gasteiger partial charge in [-0.2, -0.15) is 4.37 Å². The molecule has 2 unspecified atom stereocenters. The SMILES string of the molecule is CCOc1nsnc1C1C2CC3CC1CN(C3)C2. The van der Waals surface area contributed by atoms with Crippen LogP contribution < -0.4 is 4.74 Å². The zero-order valence-electron chi connectivity index (χ0n) is 10.7. The van der Waals surface area contributed by atoms with Crippen LogP contribution >= 0.6 is 11.7 Å². The maximum absolute atomic E-state index is 5.66. The van der Waals surface area contributed by atoms with Gasteiger partial charge in [-0.05, 0) is 37.5 Å². The number of rotatable bonds is 3. The summed E-state index contributed by atoms with van der Waals surface area (Å²) in [6.45, 7) is 6.58. The van der Waals surface area contributed by atoms with E-state index in [4.69, 9.17) is 4.74 Å². The topological polar surface area (TPSA) is 38.3 Å². The summed E-state index contributed by atoms with van der Waals surface area (Å²) in [4.78, 5) is 2.66. The van der Waals surface area contributed by atoms with Crippen molar-refractivity contribution in [1.29, 1.82) is 0 Å². The van der Waals surface area contributed by atoms with Gasteiger partial charge in [0.15, 0.2) is 0 Å². The largest absolute Gasteiger partial charge is 0.476 e. The summed E-state index contributed by atoms with van der Waals surface area (Å²) < 4.78 is 14.6. The van der Waals surface area contributed by atoms with E-state index >= 15 is 0 Å². The lowest BCUT2D eigenvalue weighted by Gasteiger charge is -2.55. The molecule has 18 heavy (non-hydrogen) atoms. The Morgan fingerprint density at radius 1 is 1.22 bits per heavy atom. The summed E-state index contributed by atoms with van der Waals surface area (Å²) in [6.07, 6.45) is 2.78. The highest BCUT2D eigenvalue weighted by atomic mass is 32.1. The third-order valence-electron chi connectivity index (χ3n) is 4.87. The van der Waals surface area contributed by atoms with E-state index in [0.717, 1.165) is 29.3 Å². The lowest BCUT2D eigenvalue weighted by Crippen LogP contribution is -2.56. The number of hydrogen-bond donors (Lipinski definition) is 0. The average molecular weight is 265 g/mol. The van der Waals surface area contributed by atoms with Gasteiger partial charge >= 0.3 is 0 Å². The summed E-state index contributed by atoms with van der Waals surface area (Å²) >= 11 is 1.31. The second-order valence-electron chi connectivity index (χ2n) is 5.99. The number of ether oxygens (including phenoxy) is 1. The Kier molecular flexibility index (Phi) is 2.59. The van der Waals surface area contributed by atoms with Crippen LogP contribution in [0.25, 0.3) is 0 Å². The van der Waals surface area contributed by atoms with Crippen LogP contribution in [0.1, 0.15) is 31.4 Å². The molecule has 1 aliphatic carbocycles. The molecule has 0 radical (unpaired) electrons. The predicted octanol–water partition coefficient (Wildman–Crippen LogP) is 1.99. The highest BCUT2D eigenvalue weighted by molar-refractivity contribution is 6.99. The van der Waals surface area contributed by atoms with E-state index in [1.165, 1.54) is 44.2 Å². The molecule has 1 aromatic rings. The van der Waals surface area contributed by atoms with Crippen molar-refractivity contribution in [2.75, 3.05) is 26.2 Å². The molecule has 4 heterocycles. The Bertz CT molecular complexity index is 419. The third kappa shape index (κ3) is 1.60. The molecule has 1 aromatic heterocycles. The molecule has 0 aromatic carbocycles. The molecule has 5 rings (SSSR count). The van der Waals surface area contributed by atoms with E-state index in [0.29, 0.717) is 12.5 Å². The summed E-state index contributed by atoms with van der Waals surface area (Å²) in [5.41, 5.74) is 1.16. The van der Waals surface area contributed by atoms with Gasteiger partial charge in [-0.3, -0.25) is 0 Å². The summed E-state index contributed by atoms with van der Waals surface area (Å²) in [6, 6.07) is 0. The number of aromatic nitrogens is 2. The molecule has 4 aliphatic rings. The first-order valence-corrected chi connectivity index (χ1v) is 7.75. The maximum atomic E-state index is 5.66. The third-order valence-corrected chi connectivity index (χ3v) is 5.39. The van der Waals surface area contributed by atoms with Crippen molar-refractivity contribution < 1.29 is 4.74 Å². The highest BCUT2D eigenvalue weighted by Crippen LogP contribution is 2.52. The van der Waals surface area contributed by atoms with Crippen LogP contribution in [0.3, 0.4) is 0 Å². The second kappa shape index (κ2) is 4.17. The van der Waals surface area contributed by atoms with Gasteiger partial charge in [-0.15, -0.1) is 4.37 Å². The second-order valence-corrected chi connectivity index (χ2v) is 6.52.